The minimum atomic E-state index is -0.280. The standard InChI is InChI=1S/C11H16N2O/c1-2-3-6-9(11(12)14)10-7-4-5-8-13-10/h4-5,7-9H,2-3,6H2,1H3,(H2,12,14). The van der Waals surface area contributed by atoms with Crippen LogP contribution in [0.1, 0.15) is 37.8 Å². The lowest BCUT2D eigenvalue weighted by atomic mass is 9.97. The molecule has 1 amide bonds. The van der Waals surface area contributed by atoms with Gasteiger partial charge >= 0.3 is 0 Å². The summed E-state index contributed by atoms with van der Waals surface area (Å²) >= 11 is 0. The Morgan fingerprint density at radius 2 is 2.36 bits per heavy atom. The van der Waals surface area contributed by atoms with E-state index in [1.165, 1.54) is 0 Å². The van der Waals surface area contributed by atoms with E-state index < -0.39 is 0 Å². The van der Waals surface area contributed by atoms with Crippen LogP contribution in [-0.2, 0) is 4.79 Å². The van der Waals surface area contributed by atoms with Crippen molar-refractivity contribution in [3.8, 4) is 0 Å². The average Bonchev–Trinajstić information content (AvgIpc) is 2.19. The first-order valence-electron chi connectivity index (χ1n) is 4.96. The van der Waals surface area contributed by atoms with Gasteiger partial charge in [0.1, 0.15) is 0 Å². The number of hydrogen-bond donors (Lipinski definition) is 1. The number of unbranched alkanes of at least 4 members (excludes halogenated alkanes) is 1. The van der Waals surface area contributed by atoms with Crippen LogP contribution in [0.2, 0.25) is 0 Å². The van der Waals surface area contributed by atoms with E-state index in [0.717, 1.165) is 25.0 Å². The molecule has 0 aliphatic carbocycles. The Bertz CT molecular complexity index is 285. The molecule has 2 N–H and O–H groups in total. The van der Waals surface area contributed by atoms with Crippen molar-refractivity contribution in [1.82, 2.24) is 4.98 Å². The molecule has 1 aromatic heterocycles. The maximum absolute atomic E-state index is 11.2. The number of nitrogens with zero attached hydrogens (tertiary/aromatic N) is 1. The lowest BCUT2D eigenvalue weighted by Crippen LogP contribution is -2.22. The number of pyridine rings is 1. The van der Waals surface area contributed by atoms with Gasteiger partial charge in [0.25, 0.3) is 0 Å². The first kappa shape index (κ1) is 10.7. The van der Waals surface area contributed by atoms with E-state index in [4.69, 9.17) is 5.73 Å². The molecule has 0 bridgehead atoms. The predicted molar refractivity (Wildman–Crippen MR) is 55.7 cm³/mol. The van der Waals surface area contributed by atoms with Crippen molar-refractivity contribution in [3.05, 3.63) is 30.1 Å². The van der Waals surface area contributed by atoms with E-state index in [9.17, 15) is 4.79 Å². The molecular formula is C11H16N2O. The van der Waals surface area contributed by atoms with Gasteiger partial charge in [-0.05, 0) is 18.6 Å². The van der Waals surface area contributed by atoms with Crippen LogP contribution in [0.15, 0.2) is 24.4 Å². The molecule has 14 heavy (non-hydrogen) atoms. The quantitative estimate of drug-likeness (QED) is 0.773. The van der Waals surface area contributed by atoms with Crippen LogP contribution in [0.3, 0.4) is 0 Å². The fourth-order valence-electron chi connectivity index (χ4n) is 1.43. The minimum Gasteiger partial charge on any atom is -0.369 e. The van der Waals surface area contributed by atoms with E-state index >= 15 is 0 Å². The highest BCUT2D eigenvalue weighted by Gasteiger charge is 2.17. The highest BCUT2D eigenvalue weighted by atomic mass is 16.1. The largest absolute Gasteiger partial charge is 0.369 e. The van der Waals surface area contributed by atoms with Crippen molar-refractivity contribution in [2.75, 3.05) is 0 Å². The average molecular weight is 192 g/mol. The van der Waals surface area contributed by atoms with Crippen molar-refractivity contribution in [2.45, 2.75) is 32.1 Å². The topological polar surface area (TPSA) is 56.0 Å². The van der Waals surface area contributed by atoms with Crippen LogP contribution < -0.4 is 5.73 Å². The molecule has 0 spiro atoms. The summed E-state index contributed by atoms with van der Waals surface area (Å²) in [6.45, 7) is 2.09. The van der Waals surface area contributed by atoms with Crippen LogP contribution in [0.4, 0.5) is 0 Å². The van der Waals surface area contributed by atoms with Crippen molar-refractivity contribution in [2.24, 2.45) is 5.73 Å². The molecular weight excluding hydrogens is 176 g/mol. The van der Waals surface area contributed by atoms with E-state index in [1.54, 1.807) is 6.20 Å². The zero-order valence-corrected chi connectivity index (χ0v) is 8.44. The third kappa shape index (κ3) is 2.83. The molecule has 1 rings (SSSR count). The van der Waals surface area contributed by atoms with E-state index in [0.29, 0.717) is 0 Å². The summed E-state index contributed by atoms with van der Waals surface area (Å²) in [6, 6.07) is 5.57. The summed E-state index contributed by atoms with van der Waals surface area (Å²) in [5.74, 6) is -0.506. The molecule has 1 atom stereocenters. The second-order valence-corrected chi connectivity index (χ2v) is 3.35. The molecule has 76 valence electrons. The Labute approximate surface area is 84.3 Å². The van der Waals surface area contributed by atoms with Gasteiger partial charge in [0.15, 0.2) is 0 Å². The second-order valence-electron chi connectivity index (χ2n) is 3.35. The molecule has 0 aliphatic rings. The van der Waals surface area contributed by atoms with E-state index in [2.05, 4.69) is 11.9 Å². The molecule has 0 saturated heterocycles. The Hall–Kier alpha value is -1.38. The summed E-state index contributed by atoms with van der Waals surface area (Å²) in [5.41, 5.74) is 6.12. The number of hydrogen-bond acceptors (Lipinski definition) is 2. The zero-order valence-electron chi connectivity index (χ0n) is 8.44. The summed E-state index contributed by atoms with van der Waals surface area (Å²) in [6.07, 6.45) is 4.56. The summed E-state index contributed by atoms with van der Waals surface area (Å²) in [7, 11) is 0. The molecule has 0 radical (unpaired) electrons. The zero-order chi connectivity index (χ0) is 10.4. The van der Waals surface area contributed by atoms with E-state index in [-0.39, 0.29) is 11.8 Å². The van der Waals surface area contributed by atoms with Gasteiger partial charge < -0.3 is 5.73 Å². The molecule has 0 aliphatic heterocycles. The number of nitrogens with two attached hydrogens (primary N) is 1. The van der Waals surface area contributed by atoms with Crippen LogP contribution in [0, 0.1) is 0 Å². The van der Waals surface area contributed by atoms with Gasteiger partial charge in [-0.3, -0.25) is 9.78 Å². The first-order chi connectivity index (χ1) is 6.75. The highest BCUT2D eigenvalue weighted by Crippen LogP contribution is 2.19. The maximum Gasteiger partial charge on any atom is 0.226 e. The molecule has 1 unspecified atom stereocenters. The molecule has 3 nitrogen and oxygen atoms in total. The Kier molecular flexibility index (Phi) is 4.11. The third-order valence-electron chi connectivity index (χ3n) is 2.23. The number of primary amides is 1. The molecule has 0 aromatic carbocycles. The number of carbonyl (C=O) groups is 1. The molecule has 0 saturated carbocycles. The lowest BCUT2D eigenvalue weighted by Gasteiger charge is -2.11. The van der Waals surface area contributed by atoms with Crippen LogP contribution in [0.5, 0.6) is 0 Å². The molecule has 0 fully saturated rings. The number of rotatable bonds is 5. The molecule has 1 aromatic rings. The van der Waals surface area contributed by atoms with Crippen LogP contribution >= 0.6 is 0 Å². The lowest BCUT2D eigenvalue weighted by molar-refractivity contribution is -0.119. The third-order valence-corrected chi connectivity index (χ3v) is 2.23. The van der Waals surface area contributed by atoms with Crippen molar-refractivity contribution >= 4 is 5.91 Å². The van der Waals surface area contributed by atoms with Gasteiger partial charge in [0.2, 0.25) is 5.91 Å². The maximum atomic E-state index is 11.2. The number of aromatic nitrogens is 1. The summed E-state index contributed by atoms with van der Waals surface area (Å²) in [5, 5.41) is 0. The second kappa shape index (κ2) is 5.37. The fraction of sp³-hybridized carbons (Fsp3) is 0.455. The SMILES string of the molecule is CCCCC(C(N)=O)c1ccccn1. The van der Waals surface area contributed by atoms with Gasteiger partial charge in [-0.15, -0.1) is 0 Å². The highest BCUT2D eigenvalue weighted by molar-refractivity contribution is 5.81. The summed E-state index contributed by atoms with van der Waals surface area (Å²) < 4.78 is 0. The van der Waals surface area contributed by atoms with Crippen LogP contribution in [-0.4, -0.2) is 10.9 Å². The van der Waals surface area contributed by atoms with Crippen molar-refractivity contribution in [1.29, 1.82) is 0 Å². The monoisotopic (exact) mass is 192 g/mol. The van der Waals surface area contributed by atoms with Gasteiger partial charge in [0, 0.05) is 6.20 Å². The number of carbonyl (C=O) groups excluding carboxylic acids is 1. The van der Waals surface area contributed by atoms with Gasteiger partial charge in [0.05, 0.1) is 11.6 Å². The summed E-state index contributed by atoms with van der Waals surface area (Å²) in [4.78, 5) is 15.3. The Morgan fingerprint density at radius 3 is 2.86 bits per heavy atom. The molecule has 3 heteroatoms. The fourth-order valence-corrected chi connectivity index (χ4v) is 1.43. The van der Waals surface area contributed by atoms with Gasteiger partial charge in [-0.2, -0.15) is 0 Å². The Morgan fingerprint density at radius 1 is 1.57 bits per heavy atom. The van der Waals surface area contributed by atoms with Crippen molar-refractivity contribution in [3.63, 3.8) is 0 Å². The Balaban J connectivity index is 2.73. The van der Waals surface area contributed by atoms with E-state index in [1.807, 2.05) is 18.2 Å². The van der Waals surface area contributed by atoms with Gasteiger partial charge in [-0.1, -0.05) is 25.8 Å². The smallest absolute Gasteiger partial charge is 0.226 e. The predicted octanol–water partition coefficient (Wildman–Crippen LogP) is 1.84. The molecule has 1 heterocycles. The minimum absolute atomic E-state index is 0.226. The van der Waals surface area contributed by atoms with Crippen LogP contribution in [0.25, 0.3) is 0 Å². The van der Waals surface area contributed by atoms with Gasteiger partial charge in [-0.25, -0.2) is 0 Å². The van der Waals surface area contributed by atoms with Crippen molar-refractivity contribution < 1.29 is 4.79 Å². The first-order valence-corrected chi connectivity index (χ1v) is 4.96. The normalized spacial score (nSPS) is 12.4. The number of amides is 1.